The molecule has 0 spiro atoms. The number of carbonyl (C=O) groups is 1. The average Bonchev–Trinajstić information content (AvgIpc) is 3.23. The van der Waals surface area contributed by atoms with E-state index >= 15 is 0 Å². The molecule has 1 aromatic carbocycles. The van der Waals surface area contributed by atoms with Gasteiger partial charge in [-0.2, -0.15) is 0 Å². The first-order chi connectivity index (χ1) is 14.6. The predicted molar refractivity (Wildman–Crippen MR) is 125 cm³/mol. The highest BCUT2D eigenvalue weighted by atomic mass is 32.2. The van der Waals surface area contributed by atoms with E-state index in [0.29, 0.717) is 35.0 Å². The number of aromatic nitrogens is 2. The van der Waals surface area contributed by atoms with Crippen LogP contribution in [0.15, 0.2) is 58.3 Å². The Morgan fingerprint density at radius 2 is 2.07 bits per heavy atom. The lowest BCUT2D eigenvalue weighted by atomic mass is 10.2. The summed E-state index contributed by atoms with van der Waals surface area (Å²) in [6.45, 7) is 9.24. The molecule has 1 aliphatic heterocycles. The first-order valence-electron chi connectivity index (χ1n) is 9.88. The fourth-order valence-electron chi connectivity index (χ4n) is 3.59. The van der Waals surface area contributed by atoms with Gasteiger partial charge in [0.1, 0.15) is 4.83 Å². The van der Waals surface area contributed by atoms with Gasteiger partial charge in [-0.15, -0.1) is 17.9 Å². The summed E-state index contributed by atoms with van der Waals surface area (Å²) in [5.74, 6) is 0.347. The van der Waals surface area contributed by atoms with Crippen LogP contribution in [0.4, 0.5) is 5.69 Å². The monoisotopic (exact) mass is 440 g/mol. The highest BCUT2D eigenvalue weighted by Gasteiger charge is 2.22. The number of nitrogens with zero attached hydrogens (tertiary/aromatic N) is 4. The molecule has 0 atom stereocenters. The quantitative estimate of drug-likeness (QED) is 0.334. The third-order valence-electron chi connectivity index (χ3n) is 5.18. The second kappa shape index (κ2) is 9.06. The molecular weight excluding hydrogens is 416 g/mol. The summed E-state index contributed by atoms with van der Waals surface area (Å²) >= 11 is 2.77. The van der Waals surface area contributed by atoms with Gasteiger partial charge in [0, 0.05) is 38.4 Å². The van der Waals surface area contributed by atoms with Crippen molar-refractivity contribution >= 4 is 44.9 Å². The lowest BCUT2D eigenvalue weighted by Crippen LogP contribution is -2.49. The summed E-state index contributed by atoms with van der Waals surface area (Å²) < 4.78 is 1.59. The van der Waals surface area contributed by atoms with Crippen LogP contribution in [0, 0.1) is 6.92 Å². The van der Waals surface area contributed by atoms with Gasteiger partial charge >= 0.3 is 0 Å². The summed E-state index contributed by atoms with van der Waals surface area (Å²) in [5, 5.41) is 3.05. The van der Waals surface area contributed by atoms with Crippen molar-refractivity contribution in [3.63, 3.8) is 0 Å². The Hall–Kier alpha value is -2.58. The molecule has 0 bridgehead atoms. The fraction of sp³-hybridized carbons (Fsp3) is 0.318. The van der Waals surface area contributed by atoms with E-state index in [0.717, 1.165) is 13.1 Å². The molecular formula is C22H24N4O2S2. The molecule has 0 unspecified atom stereocenters. The Morgan fingerprint density at radius 1 is 1.27 bits per heavy atom. The molecule has 8 heteroatoms. The third kappa shape index (κ3) is 4.29. The molecule has 156 valence electrons. The number of aryl methyl sites for hydroxylation is 1. The molecule has 0 saturated carbocycles. The minimum Gasteiger partial charge on any atom is -0.368 e. The van der Waals surface area contributed by atoms with E-state index in [9.17, 15) is 9.59 Å². The second-order valence-electron chi connectivity index (χ2n) is 7.23. The molecule has 1 saturated heterocycles. The number of thioether (sulfide) groups is 1. The van der Waals surface area contributed by atoms with Crippen LogP contribution in [0.5, 0.6) is 0 Å². The van der Waals surface area contributed by atoms with Gasteiger partial charge in [0.25, 0.3) is 5.56 Å². The van der Waals surface area contributed by atoms with Crippen LogP contribution < -0.4 is 10.5 Å². The van der Waals surface area contributed by atoms with Crippen molar-refractivity contribution in [3.8, 4) is 0 Å². The SMILES string of the molecule is C=CCn1c(SCC(=O)N2CCN(c3cccc(C)c3)CC2)nc2sccc2c1=O. The Labute approximate surface area is 183 Å². The first-order valence-corrected chi connectivity index (χ1v) is 11.7. The Morgan fingerprint density at radius 3 is 2.80 bits per heavy atom. The number of thiophene rings is 1. The maximum atomic E-state index is 12.8. The van der Waals surface area contributed by atoms with Gasteiger partial charge in [-0.05, 0) is 36.1 Å². The van der Waals surface area contributed by atoms with E-state index < -0.39 is 0 Å². The zero-order valence-corrected chi connectivity index (χ0v) is 18.5. The van der Waals surface area contributed by atoms with E-state index in [-0.39, 0.29) is 17.2 Å². The van der Waals surface area contributed by atoms with Gasteiger partial charge in [-0.1, -0.05) is 30.0 Å². The van der Waals surface area contributed by atoms with Crippen molar-refractivity contribution in [1.29, 1.82) is 0 Å². The van der Waals surface area contributed by atoms with Crippen LogP contribution in [0.25, 0.3) is 10.2 Å². The summed E-state index contributed by atoms with van der Waals surface area (Å²) in [7, 11) is 0. The number of benzene rings is 1. The predicted octanol–water partition coefficient (Wildman–Crippen LogP) is 3.39. The topological polar surface area (TPSA) is 58.4 Å². The van der Waals surface area contributed by atoms with Crippen molar-refractivity contribution in [2.75, 3.05) is 36.8 Å². The van der Waals surface area contributed by atoms with Gasteiger partial charge in [-0.3, -0.25) is 14.2 Å². The number of anilines is 1. The Balaban J connectivity index is 1.40. The highest BCUT2D eigenvalue weighted by molar-refractivity contribution is 7.99. The maximum absolute atomic E-state index is 12.8. The van der Waals surface area contributed by atoms with E-state index in [4.69, 9.17) is 0 Å². The third-order valence-corrected chi connectivity index (χ3v) is 6.95. The number of hydrogen-bond donors (Lipinski definition) is 0. The lowest BCUT2D eigenvalue weighted by molar-refractivity contribution is -0.128. The van der Waals surface area contributed by atoms with Crippen molar-refractivity contribution in [3.05, 3.63) is 64.3 Å². The fourth-order valence-corrected chi connectivity index (χ4v) is 5.30. The van der Waals surface area contributed by atoms with Crippen molar-refractivity contribution in [2.45, 2.75) is 18.6 Å². The smallest absolute Gasteiger partial charge is 0.263 e. The summed E-state index contributed by atoms with van der Waals surface area (Å²) in [4.78, 5) is 35.0. The molecule has 1 aliphatic rings. The molecule has 0 N–H and O–H groups in total. The van der Waals surface area contributed by atoms with Crippen molar-refractivity contribution in [1.82, 2.24) is 14.5 Å². The van der Waals surface area contributed by atoms with Crippen LogP contribution in [0.1, 0.15) is 5.56 Å². The largest absolute Gasteiger partial charge is 0.368 e. The van der Waals surface area contributed by atoms with Crippen LogP contribution in [-0.4, -0.2) is 52.3 Å². The number of hydrogen-bond acceptors (Lipinski definition) is 6. The number of rotatable bonds is 6. The van der Waals surface area contributed by atoms with E-state index in [2.05, 4.69) is 47.7 Å². The molecule has 4 rings (SSSR count). The normalized spacial score (nSPS) is 14.3. The van der Waals surface area contributed by atoms with Gasteiger partial charge in [-0.25, -0.2) is 4.98 Å². The number of allylic oxidation sites excluding steroid dienone is 1. The zero-order chi connectivity index (χ0) is 21.1. The number of fused-ring (bicyclic) bond motifs is 1. The number of piperazine rings is 1. The molecule has 1 amide bonds. The molecule has 3 aromatic rings. The summed E-state index contributed by atoms with van der Waals surface area (Å²) in [5.41, 5.74) is 2.37. The number of carbonyl (C=O) groups excluding carboxylic acids is 1. The lowest BCUT2D eigenvalue weighted by Gasteiger charge is -2.36. The first kappa shape index (κ1) is 20.7. The Kier molecular flexibility index (Phi) is 6.24. The molecule has 1 fully saturated rings. The van der Waals surface area contributed by atoms with E-state index in [1.54, 1.807) is 16.7 Å². The standard InChI is InChI=1S/C22H24N4O2S2/c1-3-8-26-21(28)18-7-13-29-20(18)23-22(26)30-15-19(27)25-11-9-24(10-12-25)17-6-4-5-16(2)14-17/h3-7,13-14H,1,8-12,15H2,2H3. The summed E-state index contributed by atoms with van der Waals surface area (Å²) in [6, 6.07) is 10.2. The minimum atomic E-state index is -0.0807. The highest BCUT2D eigenvalue weighted by Crippen LogP contribution is 2.22. The molecule has 0 radical (unpaired) electrons. The van der Waals surface area contributed by atoms with Gasteiger partial charge in [0.2, 0.25) is 5.91 Å². The van der Waals surface area contributed by atoms with Crippen molar-refractivity contribution in [2.24, 2.45) is 0 Å². The number of amides is 1. The second-order valence-corrected chi connectivity index (χ2v) is 9.07. The summed E-state index contributed by atoms with van der Waals surface area (Å²) in [6.07, 6.45) is 1.68. The Bertz CT molecular complexity index is 1130. The van der Waals surface area contributed by atoms with Crippen LogP contribution in [0.3, 0.4) is 0 Å². The molecule has 2 aromatic heterocycles. The van der Waals surface area contributed by atoms with Gasteiger partial charge in [0.15, 0.2) is 5.16 Å². The zero-order valence-electron chi connectivity index (χ0n) is 16.9. The van der Waals surface area contributed by atoms with Crippen LogP contribution >= 0.6 is 23.1 Å². The molecule has 30 heavy (non-hydrogen) atoms. The minimum absolute atomic E-state index is 0.0783. The maximum Gasteiger partial charge on any atom is 0.263 e. The van der Waals surface area contributed by atoms with Crippen LogP contribution in [0.2, 0.25) is 0 Å². The van der Waals surface area contributed by atoms with Gasteiger partial charge < -0.3 is 9.80 Å². The van der Waals surface area contributed by atoms with E-state index in [1.165, 1.54) is 34.3 Å². The van der Waals surface area contributed by atoms with E-state index in [1.807, 2.05) is 10.3 Å². The molecule has 3 heterocycles. The van der Waals surface area contributed by atoms with Gasteiger partial charge in [0.05, 0.1) is 11.1 Å². The molecule has 0 aliphatic carbocycles. The average molecular weight is 441 g/mol. The molecule has 6 nitrogen and oxygen atoms in total. The van der Waals surface area contributed by atoms with Crippen molar-refractivity contribution < 1.29 is 4.79 Å². The van der Waals surface area contributed by atoms with Crippen LogP contribution in [-0.2, 0) is 11.3 Å².